The molecule has 0 radical (unpaired) electrons. The molecule has 0 aliphatic heterocycles. The van der Waals surface area contributed by atoms with Gasteiger partial charge in [-0.15, -0.1) is 0 Å². The van der Waals surface area contributed by atoms with Crippen molar-refractivity contribution in [3.63, 3.8) is 0 Å². The van der Waals surface area contributed by atoms with Crippen molar-refractivity contribution in [2.24, 2.45) is 7.05 Å². The van der Waals surface area contributed by atoms with Gasteiger partial charge in [-0.05, 0) is 25.1 Å². The van der Waals surface area contributed by atoms with E-state index in [-0.39, 0.29) is 5.91 Å². The molecular formula is C15H19ClN4O. The zero-order chi connectivity index (χ0) is 15.4. The second kappa shape index (κ2) is 6.63. The molecular weight excluding hydrogens is 288 g/mol. The SMILES string of the molecule is CCC(=O)Nc1ccc(Cl)c(NCc2cnn(C)c2C)c1. The zero-order valence-corrected chi connectivity index (χ0v) is 13.2. The standard InChI is InChI=1S/C15H19ClN4O/c1-4-15(21)19-12-5-6-13(16)14(7-12)17-8-11-9-18-20(3)10(11)2/h5-7,9,17H,4,8H2,1-3H3,(H,19,21). The van der Waals surface area contributed by atoms with E-state index in [0.29, 0.717) is 18.0 Å². The van der Waals surface area contributed by atoms with Crippen molar-refractivity contribution in [1.82, 2.24) is 9.78 Å². The molecule has 1 aromatic heterocycles. The molecule has 1 aromatic carbocycles. The topological polar surface area (TPSA) is 59.0 Å². The second-order valence-electron chi connectivity index (χ2n) is 4.83. The molecule has 0 aliphatic rings. The van der Waals surface area contributed by atoms with Crippen LogP contribution in [0.5, 0.6) is 0 Å². The van der Waals surface area contributed by atoms with Crippen LogP contribution in [0.15, 0.2) is 24.4 Å². The van der Waals surface area contributed by atoms with Gasteiger partial charge in [-0.25, -0.2) is 0 Å². The van der Waals surface area contributed by atoms with Crippen LogP contribution in [0.4, 0.5) is 11.4 Å². The molecule has 2 N–H and O–H groups in total. The summed E-state index contributed by atoms with van der Waals surface area (Å²) in [5.74, 6) is -0.0219. The van der Waals surface area contributed by atoms with E-state index in [1.165, 1.54) is 0 Å². The van der Waals surface area contributed by atoms with Gasteiger partial charge in [0.15, 0.2) is 0 Å². The molecule has 0 bridgehead atoms. The first kappa shape index (κ1) is 15.4. The van der Waals surface area contributed by atoms with Gasteiger partial charge < -0.3 is 10.6 Å². The van der Waals surface area contributed by atoms with Crippen LogP contribution in [0.1, 0.15) is 24.6 Å². The molecule has 112 valence electrons. The van der Waals surface area contributed by atoms with Gasteiger partial charge >= 0.3 is 0 Å². The van der Waals surface area contributed by atoms with Gasteiger partial charge in [0.2, 0.25) is 5.91 Å². The summed E-state index contributed by atoms with van der Waals surface area (Å²) < 4.78 is 1.83. The summed E-state index contributed by atoms with van der Waals surface area (Å²) in [6.07, 6.45) is 2.28. The largest absolute Gasteiger partial charge is 0.380 e. The Labute approximate surface area is 129 Å². The van der Waals surface area contributed by atoms with Gasteiger partial charge in [0.1, 0.15) is 0 Å². The van der Waals surface area contributed by atoms with E-state index >= 15 is 0 Å². The first-order chi connectivity index (χ1) is 10.0. The van der Waals surface area contributed by atoms with E-state index in [2.05, 4.69) is 15.7 Å². The van der Waals surface area contributed by atoms with E-state index in [1.807, 2.05) is 37.8 Å². The molecule has 0 aliphatic carbocycles. The Balaban J connectivity index is 2.10. The predicted octanol–water partition coefficient (Wildman–Crippen LogP) is 3.34. The molecule has 6 heteroatoms. The van der Waals surface area contributed by atoms with Crippen LogP contribution < -0.4 is 10.6 Å². The van der Waals surface area contributed by atoms with Crippen molar-refractivity contribution in [1.29, 1.82) is 0 Å². The van der Waals surface area contributed by atoms with Gasteiger partial charge in [-0.1, -0.05) is 18.5 Å². The number of hydrogen-bond acceptors (Lipinski definition) is 3. The minimum absolute atomic E-state index is 0.0219. The fourth-order valence-corrected chi connectivity index (χ4v) is 2.08. The maximum Gasteiger partial charge on any atom is 0.224 e. The molecule has 0 atom stereocenters. The molecule has 0 unspecified atom stereocenters. The first-order valence-electron chi connectivity index (χ1n) is 6.82. The fraction of sp³-hybridized carbons (Fsp3) is 0.333. The van der Waals surface area contributed by atoms with Gasteiger partial charge in [-0.3, -0.25) is 9.48 Å². The van der Waals surface area contributed by atoms with Crippen molar-refractivity contribution >= 4 is 28.9 Å². The minimum atomic E-state index is -0.0219. The number of carbonyl (C=O) groups excluding carboxylic acids is 1. The minimum Gasteiger partial charge on any atom is -0.380 e. The number of nitrogens with one attached hydrogen (secondary N) is 2. The van der Waals surface area contributed by atoms with Crippen LogP contribution in [0.3, 0.4) is 0 Å². The number of halogens is 1. The molecule has 0 fully saturated rings. The molecule has 2 aromatic rings. The summed E-state index contributed by atoms with van der Waals surface area (Å²) in [5, 5.41) is 10.9. The number of rotatable bonds is 5. The number of nitrogens with zero attached hydrogens (tertiary/aromatic N) is 2. The van der Waals surface area contributed by atoms with Crippen molar-refractivity contribution in [3.8, 4) is 0 Å². The Bertz CT molecular complexity index is 651. The number of carbonyl (C=O) groups is 1. The third-order valence-corrected chi connectivity index (χ3v) is 3.71. The Hall–Kier alpha value is -2.01. The maximum absolute atomic E-state index is 11.4. The van der Waals surface area contributed by atoms with E-state index in [4.69, 9.17) is 11.6 Å². The highest BCUT2D eigenvalue weighted by Gasteiger charge is 2.07. The lowest BCUT2D eigenvalue weighted by Gasteiger charge is -2.11. The van der Waals surface area contributed by atoms with E-state index < -0.39 is 0 Å². The van der Waals surface area contributed by atoms with Crippen molar-refractivity contribution in [3.05, 3.63) is 40.7 Å². The van der Waals surface area contributed by atoms with Crippen molar-refractivity contribution in [2.75, 3.05) is 10.6 Å². The highest BCUT2D eigenvalue weighted by molar-refractivity contribution is 6.33. The number of amides is 1. The Kier molecular flexibility index (Phi) is 4.85. The van der Waals surface area contributed by atoms with Gasteiger partial charge in [0, 0.05) is 37.0 Å². The summed E-state index contributed by atoms with van der Waals surface area (Å²) in [5.41, 5.74) is 3.73. The monoisotopic (exact) mass is 306 g/mol. The molecule has 21 heavy (non-hydrogen) atoms. The summed E-state index contributed by atoms with van der Waals surface area (Å²) in [6, 6.07) is 5.39. The predicted molar refractivity (Wildman–Crippen MR) is 85.6 cm³/mol. The fourth-order valence-electron chi connectivity index (χ4n) is 1.90. The van der Waals surface area contributed by atoms with Crippen LogP contribution in [-0.2, 0) is 18.4 Å². The molecule has 0 saturated carbocycles. The first-order valence-corrected chi connectivity index (χ1v) is 7.19. The molecule has 0 saturated heterocycles. The van der Waals surface area contributed by atoms with Gasteiger partial charge in [0.05, 0.1) is 16.9 Å². The van der Waals surface area contributed by atoms with Crippen molar-refractivity contribution in [2.45, 2.75) is 26.8 Å². The van der Waals surface area contributed by atoms with Crippen LogP contribution in [0.25, 0.3) is 0 Å². The molecule has 1 heterocycles. The second-order valence-corrected chi connectivity index (χ2v) is 5.24. The Morgan fingerprint density at radius 3 is 2.81 bits per heavy atom. The number of aryl methyl sites for hydroxylation is 1. The molecule has 1 amide bonds. The number of hydrogen-bond donors (Lipinski definition) is 2. The average molecular weight is 307 g/mol. The zero-order valence-electron chi connectivity index (χ0n) is 12.4. The van der Waals surface area contributed by atoms with Crippen LogP contribution in [0.2, 0.25) is 5.02 Å². The molecule has 0 spiro atoms. The number of benzene rings is 1. The smallest absolute Gasteiger partial charge is 0.224 e. The Morgan fingerprint density at radius 1 is 1.43 bits per heavy atom. The summed E-state index contributed by atoms with van der Waals surface area (Å²) in [4.78, 5) is 11.4. The number of aromatic nitrogens is 2. The lowest BCUT2D eigenvalue weighted by Crippen LogP contribution is -2.10. The van der Waals surface area contributed by atoms with Gasteiger partial charge in [-0.2, -0.15) is 5.10 Å². The van der Waals surface area contributed by atoms with E-state index in [0.717, 1.165) is 22.6 Å². The lowest BCUT2D eigenvalue weighted by molar-refractivity contribution is -0.115. The maximum atomic E-state index is 11.4. The van der Waals surface area contributed by atoms with Crippen LogP contribution in [0, 0.1) is 6.92 Å². The molecule has 5 nitrogen and oxygen atoms in total. The third kappa shape index (κ3) is 3.76. The third-order valence-electron chi connectivity index (χ3n) is 3.38. The summed E-state index contributed by atoms with van der Waals surface area (Å²) >= 11 is 6.18. The lowest BCUT2D eigenvalue weighted by atomic mass is 10.2. The van der Waals surface area contributed by atoms with Crippen molar-refractivity contribution < 1.29 is 4.79 Å². The van der Waals surface area contributed by atoms with Crippen LogP contribution >= 0.6 is 11.6 Å². The molecule has 2 rings (SSSR count). The summed E-state index contributed by atoms with van der Waals surface area (Å²) in [6.45, 7) is 4.46. The summed E-state index contributed by atoms with van der Waals surface area (Å²) in [7, 11) is 1.91. The quantitative estimate of drug-likeness (QED) is 0.890. The normalized spacial score (nSPS) is 10.5. The van der Waals surface area contributed by atoms with Crippen LogP contribution in [-0.4, -0.2) is 15.7 Å². The van der Waals surface area contributed by atoms with E-state index in [9.17, 15) is 4.79 Å². The average Bonchev–Trinajstić information content (AvgIpc) is 2.79. The highest BCUT2D eigenvalue weighted by Crippen LogP contribution is 2.26. The number of anilines is 2. The highest BCUT2D eigenvalue weighted by atomic mass is 35.5. The van der Waals surface area contributed by atoms with Gasteiger partial charge in [0.25, 0.3) is 0 Å². The Morgan fingerprint density at radius 2 is 2.19 bits per heavy atom. The van der Waals surface area contributed by atoms with E-state index in [1.54, 1.807) is 12.1 Å².